The fraction of sp³-hybridized carbons (Fsp3) is 0.727. The van der Waals surface area contributed by atoms with E-state index in [4.69, 9.17) is 4.99 Å². The second-order valence-electron chi connectivity index (χ2n) is 7.63. The highest BCUT2D eigenvalue weighted by molar-refractivity contribution is 5.80. The van der Waals surface area contributed by atoms with Crippen LogP contribution in [0.1, 0.15) is 58.9 Å². The molecule has 2 rings (SSSR count). The molecule has 1 atom stereocenters. The van der Waals surface area contributed by atoms with E-state index >= 15 is 0 Å². The highest BCUT2D eigenvalue weighted by atomic mass is 15.2. The average Bonchev–Trinajstić information content (AvgIpc) is 3.25. The predicted molar refractivity (Wildman–Crippen MR) is 120 cm³/mol. The van der Waals surface area contributed by atoms with Gasteiger partial charge in [-0.2, -0.15) is 0 Å². The van der Waals surface area contributed by atoms with Crippen LogP contribution in [0.25, 0.3) is 0 Å². The third kappa shape index (κ3) is 7.66. The largest absolute Gasteiger partial charge is 0.357 e. The van der Waals surface area contributed by atoms with Crippen molar-refractivity contribution in [2.75, 3.05) is 44.2 Å². The highest BCUT2D eigenvalue weighted by Crippen LogP contribution is 2.18. The first kappa shape index (κ1) is 22.5. The topological polar surface area (TPSA) is 55.8 Å². The smallest absolute Gasteiger partial charge is 0.191 e. The van der Waals surface area contributed by atoms with Crippen LogP contribution in [0.5, 0.6) is 0 Å². The van der Waals surface area contributed by atoms with Crippen molar-refractivity contribution < 1.29 is 0 Å². The van der Waals surface area contributed by atoms with Gasteiger partial charge in [0.1, 0.15) is 5.82 Å². The molecule has 158 valence electrons. The SMILES string of the molecule is CCNC(=NCc1ccnc(N2CCCC2)c1)NC(C)CCCN(CC)CC. The van der Waals surface area contributed by atoms with E-state index in [-0.39, 0.29) is 0 Å². The number of aromatic nitrogens is 1. The van der Waals surface area contributed by atoms with Crippen molar-refractivity contribution in [1.29, 1.82) is 0 Å². The van der Waals surface area contributed by atoms with E-state index in [0.717, 1.165) is 50.9 Å². The van der Waals surface area contributed by atoms with Crippen molar-refractivity contribution in [1.82, 2.24) is 20.5 Å². The Hall–Kier alpha value is -1.82. The molecule has 2 heterocycles. The molecule has 2 N–H and O–H groups in total. The Morgan fingerprint density at radius 3 is 2.68 bits per heavy atom. The van der Waals surface area contributed by atoms with E-state index in [0.29, 0.717) is 12.6 Å². The summed E-state index contributed by atoms with van der Waals surface area (Å²) >= 11 is 0. The fourth-order valence-electron chi connectivity index (χ4n) is 3.63. The molecule has 1 aliphatic rings. The van der Waals surface area contributed by atoms with Gasteiger partial charge in [0.05, 0.1) is 6.54 Å². The Labute approximate surface area is 171 Å². The molecule has 0 bridgehead atoms. The lowest BCUT2D eigenvalue weighted by molar-refractivity contribution is 0.292. The van der Waals surface area contributed by atoms with Crippen LogP contribution in [0.3, 0.4) is 0 Å². The third-order valence-electron chi connectivity index (χ3n) is 5.39. The molecule has 6 heteroatoms. The molecule has 1 aromatic heterocycles. The molecule has 28 heavy (non-hydrogen) atoms. The van der Waals surface area contributed by atoms with Gasteiger partial charge in [-0.3, -0.25) is 0 Å². The van der Waals surface area contributed by atoms with E-state index in [1.165, 1.54) is 31.4 Å². The Bertz CT molecular complexity index is 578. The van der Waals surface area contributed by atoms with Crippen LogP contribution in [0.4, 0.5) is 5.82 Å². The lowest BCUT2D eigenvalue weighted by Gasteiger charge is -2.21. The number of nitrogens with zero attached hydrogens (tertiary/aromatic N) is 4. The van der Waals surface area contributed by atoms with Gasteiger partial charge in [0, 0.05) is 31.9 Å². The Morgan fingerprint density at radius 2 is 2.00 bits per heavy atom. The number of guanidine groups is 1. The van der Waals surface area contributed by atoms with Crippen LogP contribution < -0.4 is 15.5 Å². The molecule has 1 saturated heterocycles. The predicted octanol–water partition coefficient (Wildman–Crippen LogP) is 3.25. The summed E-state index contributed by atoms with van der Waals surface area (Å²) in [6.45, 7) is 16.0. The minimum Gasteiger partial charge on any atom is -0.357 e. The Morgan fingerprint density at radius 1 is 1.25 bits per heavy atom. The second-order valence-corrected chi connectivity index (χ2v) is 7.63. The second kappa shape index (κ2) is 12.6. The quantitative estimate of drug-likeness (QED) is 0.450. The molecule has 0 aliphatic carbocycles. The van der Waals surface area contributed by atoms with Gasteiger partial charge in [-0.05, 0) is 76.9 Å². The van der Waals surface area contributed by atoms with Crippen LogP contribution in [0, 0.1) is 0 Å². The number of nitrogens with one attached hydrogen (secondary N) is 2. The molecule has 0 saturated carbocycles. The summed E-state index contributed by atoms with van der Waals surface area (Å²) in [4.78, 5) is 14.2. The number of anilines is 1. The van der Waals surface area contributed by atoms with E-state index in [1.807, 2.05) is 6.20 Å². The monoisotopic (exact) mass is 388 g/mol. The first-order chi connectivity index (χ1) is 13.7. The average molecular weight is 389 g/mol. The number of pyridine rings is 1. The van der Waals surface area contributed by atoms with Crippen molar-refractivity contribution in [3.8, 4) is 0 Å². The number of hydrogen-bond acceptors (Lipinski definition) is 4. The zero-order chi connectivity index (χ0) is 20.2. The van der Waals surface area contributed by atoms with Gasteiger partial charge in [-0.25, -0.2) is 9.98 Å². The van der Waals surface area contributed by atoms with Crippen LogP contribution in [-0.4, -0.2) is 61.2 Å². The maximum atomic E-state index is 4.80. The fourth-order valence-corrected chi connectivity index (χ4v) is 3.63. The summed E-state index contributed by atoms with van der Waals surface area (Å²) in [5.74, 6) is 1.99. The molecule has 0 amide bonds. The van der Waals surface area contributed by atoms with E-state index < -0.39 is 0 Å². The molecule has 1 aromatic rings. The van der Waals surface area contributed by atoms with E-state index in [1.54, 1.807) is 0 Å². The summed E-state index contributed by atoms with van der Waals surface area (Å²) in [5.41, 5.74) is 1.21. The van der Waals surface area contributed by atoms with Crippen LogP contribution in [0.2, 0.25) is 0 Å². The lowest BCUT2D eigenvalue weighted by Crippen LogP contribution is -2.42. The number of hydrogen-bond donors (Lipinski definition) is 2. The van der Waals surface area contributed by atoms with Gasteiger partial charge < -0.3 is 20.4 Å². The molecule has 6 nitrogen and oxygen atoms in total. The van der Waals surface area contributed by atoms with Gasteiger partial charge in [0.15, 0.2) is 5.96 Å². The third-order valence-corrected chi connectivity index (χ3v) is 5.39. The van der Waals surface area contributed by atoms with Gasteiger partial charge in [-0.1, -0.05) is 13.8 Å². The zero-order valence-electron chi connectivity index (χ0n) is 18.4. The van der Waals surface area contributed by atoms with Crippen molar-refractivity contribution in [3.05, 3.63) is 23.9 Å². The van der Waals surface area contributed by atoms with Crippen LogP contribution in [-0.2, 0) is 6.54 Å². The molecular weight excluding hydrogens is 348 g/mol. The summed E-state index contributed by atoms with van der Waals surface area (Å²) < 4.78 is 0. The van der Waals surface area contributed by atoms with Gasteiger partial charge >= 0.3 is 0 Å². The first-order valence-electron chi connectivity index (χ1n) is 11.1. The summed E-state index contributed by atoms with van der Waals surface area (Å²) in [7, 11) is 0. The molecule has 1 aliphatic heterocycles. The Balaban J connectivity index is 1.86. The number of aliphatic imine (C=N–C) groups is 1. The standard InChI is InChI=1S/C22H40N6/c1-5-23-22(26-19(4)11-10-14-27(6-2)7-3)25-18-20-12-13-24-21(17-20)28-15-8-9-16-28/h12-13,17,19H,5-11,14-16,18H2,1-4H3,(H2,23,25,26). The van der Waals surface area contributed by atoms with Crippen molar-refractivity contribution in [3.63, 3.8) is 0 Å². The molecule has 0 spiro atoms. The highest BCUT2D eigenvalue weighted by Gasteiger charge is 2.13. The molecular formula is C22H40N6. The van der Waals surface area contributed by atoms with Crippen molar-refractivity contribution >= 4 is 11.8 Å². The van der Waals surface area contributed by atoms with Gasteiger partial charge in [0.2, 0.25) is 0 Å². The normalized spacial score (nSPS) is 15.9. The first-order valence-corrected chi connectivity index (χ1v) is 11.1. The van der Waals surface area contributed by atoms with Gasteiger partial charge in [0.25, 0.3) is 0 Å². The summed E-state index contributed by atoms with van der Waals surface area (Å²) in [5, 5.41) is 6.94. The zero-order valence-corrected chi connectivity index (χ0v) is 18.4. The minimum atomic E-state index is 0.408. The van der Waals surface area contributed by atoms with Gasteiger partial charge in [-0.15, -0.1) is 0 Å². The minimum absolute atomic E-state index is 0.408. The van der Waals surface area contributed by atoms with Crippen molar-refractivity contribution in [2.24, 2.45) is 4.99 Å². The number of rotatable bonds is 11. The van der Waals surface area contributed by atoms with E-state index in [9.17, 15) is 0 Å². The van der Waals surface area contributed by atoms with Crippen LogP contribution >= 0.6 is 0 Å². The van der Waals surface area contributed by atoms with Crippen molar-refractivity contribution in [2.45, 2.75) is 66.0 Å². The molecule has 0 radical (unpaired) electrons. The summed E-state index contributed by atoms with van der Waals surface area (Å²) in [6, 6.07) is 4.66. The maximum absolute atomic E-state index is 4.80. The maximum Gasteiger partial charge on any atom is 0.191 e. The molecule has 1 unspecified atom stereocenters. The lowest BCUT2D eigenvalue weighted by atomic mass is 10.2. The van der Waals surface area contributed by atoms with E-state index in [2.05, 4.69) is 65.2 Å². The van der Waals surface area contributed by atoms with Crippen LogP contribution in [0.15, 0.2) is 23.3 Å². The molecule has 0 aromatic carbocycles. The Kier molecular flexibility index (Phi) is 10.1. The molecule has 1 fully saturated rings. The summed E-state index contributed by atoms with van der Waals surface area (Å²) in [6.07, 6.45) is 6.80.